The van der Waals surface area contributed by atoms with Crippen LogP contribution in [0.5, 0.6) is 0 Å². The van der Waals surface area contributed by atoms with Crippen molar-refractivity contribution in [1.82, 2.24) is 4.90 Å². The zero-order valence-electron chi connectivity index (χ0n) is 13.3. The van der Waals surface area contributed by atoms with Gasteiger partial charge in [-0.25, -0.2) is 0 Å². The molecule has 0 atom stereocenters. The van der Waals surface area contributed by atoms with Crippen molar-refractivity contribution in [2.24, 2.45) is 11.1 Å². The summed E-state index contributed by atoms with van der Waals surface area (Å²) < 4.78 is 0. The van der Waals surface area contributed by atoms with Crippen molar-refractivity contribution in [1.29, 1.82) is 0 Å². The molecule has 0 aliphatic heterocycles. The summed E-state index contributed by atoms with van der Waals surface area (Å²) in [7, 11) is 1.88. The molecular formula is C17H28N2O. The number of hydrogen-bond acceptors (Lipinski definition) is 2. The number of hydrogen-bond donors (Lipinski definition) is 1. The minimum atomic E-state index is 0.147. The van der Waals surface area contributed by atoms with Crippen LogP contribution < -0.4 is 5.73 Å². The molecule has 0 saturated heterocycles. The van der Waals surface area contributed by atoms with Crippen LogP contribution in [-0.2, 0) is 11.3 Å². The molecule has 2 N–H and O–H groups in total. The van der Waals surface area contributed by atoms with E-state index in [0.717, 1.165) is 12.8 Å². The van der Waals surface area contributed by atoms with Crippen LogP contribution in [0.3, 0.4) is 0 Å². The molecule has 0 unspecified atom stereocenters. The summed E-state index contributed by atoms with van der Waals surface area (Å²) >= 11 is 0. The van der Waals surface area contributed by atoms with Gasteiger partial charge in [0.2, 0.25) is 5.91 Å². The first-order chi connectivity index (χ1) is 9.35. The number of nitrogens with two attached hydrogens (primary N) is 1. The zero-order valence-corrected chi connectivity index (χ0v) is 13.3. The molecule has 1 amide bonds. The van der Waals surface area contributed by atoms with Gasteiger partial charge in [0, 0.05) is 20.0 Å². The Kier molecular flexibility index (Phi) is 6.21. The van der Waals surface area contributed by atoms with Crippen molar-refractivity contribution >= 4 is 5.91 Å². The van der Waals surface area contributed by atoms with Crippen molar-refractivity contribution < 1.29 is 4.79 Å². The molecular weight excluding hydrogens is 248 g/mol. The smallest absolute Gasteiger partial charge is 0.222 e. The minimum absolute atomic E-state index is 0.147. The Morgan fingerprint density at radius 2 is 1.90 bits per heavy atom. The lowest BCUT2D eigenvalue weighted by atomic mass is 9.84. The first-order valence-corrected chi connectivity index (χ1v) is 7.34. The van der Waals surface area contributed by atoms with Gasteiger partial charge >= 0.3 is 0 Å². The first kappa shape index (κ1) is 16.7. The quantitative estimate of drug-likeness (QED) is 0.831. The Morgan fingerprint density at radius 3 is 2.50 bits per heavy atom. The third-order valence-corrected chi connectivity index (χ3v) is 3.93. The second kappa shape index (κ2) is 7.44. The first-order valence-electron chi connectivity index (χ1n) is 7.34. The molecule has 0 aliphatic rings. The molecule has 1 aromatic carbocycles. The Hall–Kier alpha value is -1.35. The van der Waals surface area contributed by atoms with E-state index in [0.29, 0.717) is 19.5 Å². The molecule has 3 nitrogen and oxygen atoms in total. The lowest BCUT2D eigenvalue weighted by Crippen LogP contribution is -2.28. The average molecular weight is 276 g/mol. The lowest BCUT2D eigenvalue weighted by molar-refractivity contribution is -0.131. The molecule has 0 aliphatic carbocycles. The largest absolute Gasteiger partial charge is 0.341 e. The van der Waals surface area contributed by atoms with Crippen LogP contribution in [0.15, 0.2) is 24.3 Å². The van der Waals surface area contributed by atoms with E-state index in [1.807, 2.05) is 24.1 Å². The van der Waals surface area contributed by atoms with E-state index >= 15 is 0 Å². The number of aryl methyl sites for hydroxylation is 1. The number of carbonyl (C=O) groups excluding carboxylic acids is 1. The molecule has 0 radical (unpaired) electrons. The predicted molar refractivity (Wildman–Crippen MR) is 84.3 cm³/mol. The van der Waals surface area contributed by atoms with Gasteiger partial charge in [0.15, 0.2) is 0 Å². The summed E-state index contributed by atoms with van der Waals surface area (Å²) in [6.45, 7) is 7.80. The lowest BCUT2D eigenvalue weighted by Gasteiger charge is -2.25. The van der Waals surface area contributed by atoms with Gasteiger partial charge in [-0.1, -0.05) is 38.1 Å². The van der Waals surface area contributed by atoms with Crippen LogP contribution in [0.1, 0.15) is 44.2 Å². The van der Waals surface area contributed by atoms with E-state index in [2.05, 4.69) is 32.9 Å². The molecule has 0 aromatic heterocycles. The summed E-state index contributed by atoms with van der Waals surface area (Å²) in [6, 6.07) is 8.20. The maximum absolute atomic E-state index is 12.2. The second-order valence-electron chi connectivity index (χ2n) is 6.38. The Bertz CT molecular complexity index is 440. The summed E-state index contributed by atoms with van der Waals surface area (Å²) in [6.07, 6.45) is 2.44. The molecule has 0 fully saturated rings. The van der Waals surface area contributed by atoms with Crippen molar-refractivity contribution in [2.45, 2.75) is 46.6 Å². The molecule has 0 spiro atoms. The Labute approximate surface area is 123 Å². The van der Waals surface area contributed by atoms with E-state index in [4.69, 9.17) is 5.73 Å². The Morgan fingerprint density at radius 1 is 1.25 bits per heavy atom. The van der Waals surface area contributed by atoms with E-state index in [9.17, 15) is 4.79 Å². The number of benzene rings is 1. The van der Waals surface area contributed by atoms with Crippen LogP contribution in [-0.4, -0.2) is 24.4 Å². The molecule has 0 bridgehead atoms. The van der Waals surface area contributed by atoms with Gasteiger partial charge in [-0.05, 0) is 42.9 Å². The van der Waals surface area contributed by atoms with Gasteiger partial charge in [-0.2, -0.15) is 0 Å². The van der Waals surface area contributed by atoms with Crippen LogP contribution in [0.2, 0.25) is 0 Å². The van der Waals surface area contributed by atoms with E-state index in [-0.39, 0.29) is 11.3 Å². The molecule has 0 saturated carbocycles. The standard InChI is InChI=1S/C17H28N2O/c1-14-7-5-6-8-15(14)13-19(4)16(20)9-10-17(2,3)11-12-18/h5-8H,9-13,18H2,1-4H3. The second-order valence-corrected chi connectivity index (χ2v) is 6.38. The minimum Gasteiger partial charge on any atom is -0.341 e. The van der Waals surface area contributed by atoms with Crippen molar-refractivity contribution in [3.8, 4) is 0 Å². The fraction of sp³-hybridized carbons (Fsp3) is 0.588. The molecule has 112 valence electrons. The maximum atomic E-state index is 12.2. The predicted octanol–water partition coefficient (Wildman–Crippen LogP) is 3.11. The van der Waals surface area contributed by atoms with Gasteiger partial charge < -0.3 is 10.6 Å². The third kappa shape index (κ3) is 5.33. The highest BCUT2D eigenvalue weighted by atomic mass is 16.2. The fourth-order valence-electron chi connectivity index (χ4n) is 2.28. The van der Waals surface area contributed by atoms with E-state index in [1.165, 1.54) is 11.1 Å². The van der Waals surface area contributed by atoms with Gasteiger partial charge in [-0.3, -0.25) is 4.79 Å². The summed E-state index contributed by atoms with van der Waals surface area (Å²) in [5.74, 6) is 0.207. The van der Waals surface area contributed by atoms with Crippen molar-refractivity contribution in [3.05, 3.63) is 35.4 Å². The number of carbonyl (C=O) groups is 1. The fourth-order valence-corrected chi connectivity index (χ4v) is 2.28. The summed E-state index contributed by atoms with van der Waals surface area (Å²) in [5, 5.41) is 0. The maximum Gasteiger partial charge on any atom is 0.222 e. The number of nitrogens with zero attached hydrogens (tertiary/aromatic N) is 1. The SMILES string of the molecule is Cc1ccccc1CN(C)C(=O)CCC(C)(C)CCN. The van der Waals surface area contributed by atoms with E-state index in [1.54, 1.807) is 0 Å². The van der Waals surface area contributed by atoms with Gasteiger partial charge in [0.25, 0.3) is 0 Å². The van der Waals surface area contributed by atoms with Crippen LogP contribution >= 0.6 is 0 Å². The molecule has 20 heavy (non-hydrogen) atoms. The number of rotatable bonds is 7. The van der Waals surface area contributed by atoms with Gasteiger partial charge in [0.1, 0.15) is 0 Å². The van der Waals surface area contributed by atoms with Gasteiger partial charge in [-0.15, -0.1) is 0 Å². The normalized spacial score (nSPS) is 11.4. The highest BCUT2D eigenvalue weighted by Gasteiger charge is 2.19. The molecule has 0 heterocycles. The highest BCUT2D eigenvalue weighted by Crippen LogP contribution is 2.26. The molecule has 3 heteroatoms. The summed E-state index contributed by atoms with van der Waals surface area (Å²) in [4.78, 5) is 14.0. The van der Waals surface area contributed by atoms with Crippen LogP contribution in [0.4, 0.5) is 0 Å². The molecule has 1 rings (SSSR count). The Balaban J connectivity index is 2.50. The van der Waals surface area contributed by atoms with Crippen molar-refractivity contribution in [2.75, 3.05) is 13.6 Å². The summed E-state index contributed by atoms with van der Waals surface area (Å²) in [5.41, 5.74) is 8.20. The monoisotopic (exact) mass is 276 g/mol. The topological polar surface area (TPSA) is 46.3 Å². The van der Waals surface area contributed by atoms with Crippen LogP contribution in [0, 0.1) is 12.3 Å². The van der Waals surface area contributed by atoms with E-state index < -0.39 is 0 Å². The average Bonchev–Trinajstić information content (AvgIpc) is 2.38. The highest BCUT2D eigenvalue weighted by molar-refractivity contribution is 5.75. The van der Waals surface area contributed by atoms with Gasteiger partial charge in [0.05, 0.1) is 0 Å². The third-order valence-electron chi connectivity index (χ3n) is 3.93. The molecule has 1 aromatic rings. The number of amides is 1. The van der Waals surface area contributed by atoms with Crippen LogP contribution in [0.25, 0.3) is 0 Å². The van der Waals surface area contributed by atoms with Crippen molar-refractivity contribution in [3.63, 3.8) is 0 Å². The zero-order chi connectivity index (χ0) is 15.2.